The minimum atomic E-state index is 0.148. The van der Waals surface area contributed by atoms with E-state index < -0.39 is 0 Å². The van der Waals surface area contributed by atoms with Crippen LogP contribution in [0.5, 0.6) is 0 Å². The Bertz CT molecular complexity index is 358. The summed E-state index contributed by atoms with van der Waals surface area (Å²) in [6, 6.07) is 6.20. The summed E-state index contributed by atoms with van der Waals surface area (Å²) in [5.74, 6) is 0.148. The molecule has 88 valence electrons. The summed E-state index contributed by atoms with van der Waals surface area (Å²) in [6.07, 6.45) is 4.14. The summed E-state index contributed by atoms with van der Waals surface area (Å²) in [7, 11) is 0. The maximum absolute atomic E-state index is 11.4. The molecule has 0 atom stereocenters. The van der Waals surface area contributed by atoms with E-state index in [1.165, 1.54) is 11.1 Å². The molecule has 1 rings (SSSR count). The molecule has 2 heteroatoms. The average Bonchev–Trinajstić information content (AvgIpc) is 2.29. The molecule has 0 aliphatic heterocycles. The summed E-state index contributed by atoms with van der Waals surface area (Å²) < 4.78 is 0. The van der Waals surface area contributed by atoms with Crippen molar-refractivity contribution in [1.82, 2.24) is 0 Å². The number of carbonyl (C=O) groups is 1. The first kappa shape index (κ1) is 12.9. The Labute approximate surface area is 97.9 Å². The van der Waals surface area contributed by atoms with Crippen LogP contribution in [0.25, 0.3) is 0 Å². The first-order valence-corrected chi connectivity index (χ1v) is 6.01. The molecular weight excluding hydrogens is 198 g/mol. The van der Waals surface area contributed by atoms with Crippen LogP contribution in [0.1, 0.15) is 48.2 Å². The number of Topliss-reactive ketones (excluding diaryl/α,β-unsaturated/α-hetero) is 1. The Balaban J connectivity index is 2.82. The lowest BCUT2D eigenvalue weighted by molar-refractivity contribution is 0.101. The van der Waals surface area contributed by atoms with Crippen molar-refractivity contribution in [3.63, 3.8) is 0 Å². The minimum Gasteiger partial charge on any atom is -0.330 e. The zero-order valence-electron chi connectivity index (χ0n) is 10.3. The molecular formula is C14H21NO. The average molecular weight is 219 g/mol. The molecule has 0 aliphatic rings. The number of hydrogen-bond donors (Lipinski definition) is 1. The lowest BCUT2D eigenvalue weighted by atomic mass is 9.99. The maximum Gasteiger partial charge on any atom is 0.159 e. The van der Waals surface area contributed by atoms with Gasteiger partial charge in [0.25, 0.3) is 0 Å². The van der Waals surface area contributed by atoms with Gasteiger partial charge in [0, 0.05) is 5.56 Å². The number of ketones is 1. The van der Waals surface area contributed by atoms with Crippen molar-refractivity contribution < 1.29 is 4.79 Å². The molecule has 1 aromatic rings. The zero-order chi connectivity index (χ0) is 12.0. The van der Waals surface area contributed by atoms with E-state index in [9.17, 15) is 4.79 Å². The monoisotopic (exact) mass is 219 g/mol. The van der Waals surface area contributed by atoms with Gasteiger partial charge in [-0.15, -0.1) is 0 Å². The Hall–Kier alpha value is -1.15. The highest BCUT2D eigenvalue weighted by Crippen LogP contribution is 2.14. The molecule has 2 N–H and O–H groups in total. The number of unbranched alkanes of at least 4 members (excludes halogenated alkanes) is 1. The molecule has 0 aromatic heterocycles. The van der Waals surface area contributed by atoms with E-state index in [1.807, 2.05) is 12.1 Å². The van der Waals surface area contributed by atoms with Crippen molar-refractivity contribution in [3.05, 3.63) is 34.9 Å². The Morgan fingerprint density at radius 3 is 2.44 bits per heavy atom. The fraction of sp³-hybridized carbons (Fsp3) is 0.500. The van der Waals surface area contributed by atoms with Crippen LogP contribution in [0.15, 0.2) is 18.2 Å². The third-order valence-corrected chi connectivity index (χ3v) is 2.79. The standard InChI is InChI=1S/C14H21NO/c1-3-12-8-13(6-4-5-7-15)10-14(9-12)11(2)16/h8-10H,3-7,15H2,1-2H3. The third-order valence-electron chi connectivity index (χ3n) is 2.79. The van der Waals surface area contributed by atoms with Gasteiger partial charge in [0.05, 0.1) is 0 Å². The molecule has 0 saturated heterocycles. The number of aryl methyl sites for hydroxylation is 2. The summed E-state index contributed by atoms with van der Waals surface area (Å²) in [6.45, 7) is 4.48. The summed E-state index contributed by atoms with van der Waals surface area (Å²) in [5, 5.41) is 0. The molecule has 0 heterocycles. The second kappa shape index (κ2) is 6.44. The molecule has 0 fully saturated rings. The van der Waals surface area contributed by atoms with Gasteiger partial charge in [-0.2, -0.15) is 0 Å². The molecule has 0 saturated carbocycles. The van der Waals surface area contributed by atoms with Crippen LogP contribution in [-0.2, 0) is 12.8 Å². The number of hydrogen-bond acceptors (Lipinski definition) is 2. The van der Waals surface area contributed by atoms with E-state index in [-0.39, 0.29) is 5.78 Å². The predicted octanol–water partition coefficient (Wildman–Crippen LogP) is 2.73. The highest BCUT2D eigenvalue weighted by Gasteiger charge is 2.03. The van der Waals surface area contributed by atoms with Crippen molar-refractivity contribution in [3.8, 4) is 0 Å². The van der Waals surface area contributed by atoms with Crippen LogP contribution < -0.4 is 5.73 Å². The van der Waals surface area contributed by atoms with Crippen LogP contribution >= 0.6 is 0 Å². The second-order valence-electron chi connectivity index (χ2n) is 4.19. The lowest BCUT2D eigenvalue weighted by Crippen LogP contribution is -2.01. The first-order chi connectivity index (χ1) is 7.67. The van der Waals surface area contributed by atoms with Gasteiger partial charge in [-0.05, 0) is 62.4 Å². The topological polar surface area (TPSA) is 43.1 Å². The molecule has 2 nitrogen and oxygen atoms in total. The largest absolute Gasteiger partial charge is 0.330 e. The van der Waals surface area contributed by atoms with E-state index in [2.05, 4.69) is 13.0 Å². The van der Waals surface area contributed by atoms with Gasteiger partial charge < -0.3 is 5.73 Å². The predicted molar refractivity (Wildman–Crippen MR) is 67.8 cm³/mol. The third kappa shape index (κ3) is 3.78. The van der Waals surface area contributed by atoms with Gasteiger partial charge in [-0.25, -0.2) is 0 Å². The van der Waals surface area contributed by atoms with Crippen LogP contribution in [0, 0.1) is 0 Å². The van der Waals surface area contributed by atoms with E-state index in [4.69, 9.17) is 5.73 Å². The first-order valence-electron chi connectivity index (χ1n) is 6.01. The number of carbonyl (C=O) groups excluding carboxylic acids is 1. The number of benzene rings is 1. The Morgan fingerprint density at radius 1 is 1.19 bits per heavy atom. The smallest absolute Gasteiger partial charge is 0.159 e. The van der Waals surface area contributed by atoms with E-state index in [0.717, 1.165) is 37.8 Å². The van der Waals surface area contributed by atoms with Crippen LogP contribution in [-0.4, -0.2) is 12.3 Å². The van der Waals surface area contributed by atoms with E-state index in [0.29, 0.717) is 0 Å². The normalized spacial score (nSPS) is 10.4. The minimum absolute atomic E-state index is 0.148. The van der Waals surface area contributed by atoms with E-state index in [1.54, 1.807) is 6.92 Å². The molecule has 16 heavy (non-hydrogen) atoms. The van der Waals surface area contributed by atoms with Crippen LogP contribution in [0.3, 0.4) is 0 Å². The molecule has 0 unspecified atom stereocenters. The summed E-state index contributed by atoms with van der Waals surface area (Å²) in [4.78, 5) is 11.4. The van der Waals surface area contributed by atoms with Crippen molar-refractivity contribution in [1.29, 1.82) is 0 Å². The number of nitrogens with two attached hydrogens (primary N) is 1. The maximum atomic E-state index is 11.4. The quantitative estimate of drug-likeness (QED) is 0.590. The Morgan fingerprint density at radius 2 is 1.88 bits per heavy atom. The van der Waals surface area contributed by atoms with Crippen molar-refractivity contribution in [2.24, 2.45) is 5.73 Å². The molecule has 0 radical (unpaired) electrons. The van der Waals surface area contributed by atoms with Gasteiger partial charge in [-0.1, -0.05) is 13.0 Å². The second-order valence-corrected chi connectivity index (χ2v) is 4.19. The van der Waals surface area contributed by atoms with Gasteiger partial charge >= 0.3 is 0 Å². The van der Waals surface area contributed by atoms with Gasteiger partial charge in [0.1, 0.15) is 0 Å². The molecule has 0 aliphatic carbocycles. The fourth-order valence-corrected chi connectivity index (χ4v) is 1.79. The van der Waals surface area contributed by atoms with Gasteiger partial charge in [0.2, 0.25) is 0 Å². The van der Waals surface area contributed by atoms with Crippen LogP contribution in [0.4, 0.5) is 0 Å². The summed E-state index contributed by atoms with van der Waals surface area (Å²) >= 11 is 0. The molecule has 0 bridgehead atoms. The van der Waals surface area contributed by atoms with E-state index >= 15 is 0 Å². The lowest BCUT2D eigenvalue weighted by Gasteiger charge is -2.06. The summed E-state index contributed by atoms with van der Waals surface area (Å²) in [5.41, 5.74) is 8.82. The van der Waals surface area contributed by atoms with Crippen molar-refractivity contribution >= 4 is 5.78 Å². The van der Waals surface area contributed by atoms with Crippen LogP contribution in [0.2, 0.25) is 0 Å². The van der Waals surface area contributed by atoms with Gasteiger partial charge in [-0.3, -0.25) is 4.79 Å². The number of rotatable bonds is 6. The van der Waals surface area contributed by atoms with Crippen molar-refractivity contribution in [2.45, 2.75) is 39.5 Å². The fourth-order valence-electron chi connectivity index (χ4n) is 1.79. The van der Waals surface area contributed by atoms with Gasteiger partial charge in [0.15, 0.2) is 5.78 Å². The molecule has 0 spiro atoms. The highest BCUT2D eigenvalue weighted by molar-refractivity contribution is 5.94. The molecule has 1 aromatic carbocycles. The highest BCUT2D eigenvalue weighted by atomic mass is 16.1. The SMILES string of the molecule is CCc1cc(CCCCN)cc(C(C)=O)c1. The zero-order valence-corrected chi connectivity index (χ0v) is 10.3. The Kier molecular flexibility index (Phi) is 5.20. The van der Waals surface area contributed by atoms with Crippen molar-refractivity contribution in [2.75, 3.05) is 6.54 Å². The molecule has 0 amide bonds.